The predicted octanol–water partition coefficient (Wildman–Crippen LogP) is 3.54. The lowest BCUT2D eigenvalue weighted by Gasteiger charge is -2.34. The predicted molar refractivity (Wildman–Crippen MR) is 115 cm³/mol. The largest absolute Gasteiger partial charge is 0.300 e. The van der Waals surface area contributed by atoms with Crippen LogP contribution >= 0.6 is 22.9 Å². The SMILES string of the molecule is O=S(=O)(CCN1CCN(Cc2nc3ccccc3s2)CC1)c1ccc(Cl)cc1. The standard InChI is InChI=1S/C20H22ClN3O2S2/c21-16-5-7-17(8-6-16)28(25,26)14-13-23-9-11-24(12-10-23)15-20-22-18-3-1-2-4-19(18)27-20/h1-8H,9-15H2. The monoisotopic (exact) mass is 435 g/mol. The van der Waals surface area contributed by atoms with Crippen LogP contribution in [0.25, 0.3) is 10.2 Å². The summed E-state index contributed by atoms with van der Waals surface area (Å²) in [6.07, 6.45) is 0. The Hall–Kier alpha value is -1.51. The maximum atomic E-state index is 12.5. The molecule has 1 aliphatic heterocycles. The van der Waals surface area contributed by atoms with Crippen molar-refractivity contribution >= 4 is 43.0 Å². The molecule has 1 aliphatic rings. The van der Waals surface area contributed by atoms with Crippen LogP contribution in [0.5, 0.6) is 0 Å². The third-order valence-corrected chi connectivity index (χ3v) is 7.99. The second kappa shape index (κ2) is 8.47. The van der Waals surface area contributed by atoms with Crippen LogP contribution in [0.4, 0.5) is 0 Å². The van der Waals surface area contributed by atoms with Gasteiger partial charge in [-0.15, -0.1) is 11.3 Å². The van der Waals surface area contributed by atoms with E-state index in [1.807, 2.05) is 18.2 Å². The normalized spacial score (nSPS) is 16.6. The molecular formula is C20H22ClN3O2S2. The first kappa shape index (κ1) is 19.8. The van der Waals surface area contributed by atoms with E-state index in [1.165, 1.54) is 4.70 Å². The van der Waals surface area contributed by atoms with E-state index in [-0.39, 0.29) is 5.75 Å². The fourth-order valence-corrected chi connectivity index (χ4v) is 5.78. The first-order valence-electron chi connectivity index (χ1n) is 9.27. The van der Waals surface area contributed by atoms with Crippen molar-refractivity contribution in [2.24, 2.45) is 0 Å². The van der Waals surface area contributed by atoms with Gasteiger partial charge in [-0.05, 0) is 36.4 Å². The number of para-hydroxylation sites is 1. The second-order valence-electron chi connectivity index (χ2n) is 6.97. The zero-order valence-electron chi connectivity index (χ0n) is 15.4. The molecule has 148 valence electrons. The Bertz CT molecular complexity index is 1010. The molecule has 0 radical (unpaired) electrons. The summed E-state index contributed by atoms with van der Waals surface area (Å²) in [4.78, 5) is 9.66. The van der Waals surface area contributed by atoms with E-state index in [0.29, 0.717) is 16.5 Å². The van der Waals surface area contributed by atoms with E-state index in [9.17, 15) is 8.42 Å². The van der Waals surface area contributed by atoms with E-state index in [2.05, 4.69) is 15.9 Å². The highest BCUT2D eigenvalue weighted by Gasteiger charge is 2.21. The number of sulfone groups is 1. The molecule has 5 nitrogen and oxygen atoms in total. The van der Waals surface area contributed by atoms with Crippen LogP contribution in [0.1, 0.15) is 5.01 Å². The number of piperazine rings is 1. The molecule has 28 heavy (non-hydrogen) atoms. The first-order chi connectivity index (χ1) is 13.5. The highest BCUT2D eigenvalue weighted by molar-refractivity contribution is 7.91. The Morgan fingerprint density at radius 1 is 0.964 bits per heavy atom. The lowest BCUT2D eigenvalue weighted by atomic mass is 10.3. The number of hydrogen-bond donors (Lipinski definition) is 0. The van der Waals surface area contributed by atoms with Gasteiger partial charge in [0.05, 0.1) is 27.4 Å². The highest BCUT2D eigenvalue weighted by atomic mass is 35.5. The van der Waals surface area contributed by atoms with E-state index < -0.39 is 9.84 Å². The molecule has 0 spiro atoms. The fraction of sp³-hybridized carbons (Fsp3) is 0.350. The van der Waals surface area contributed by atoms with E-state index >= 15 is 0 Å². The molecule has 0 bridgehead atoms. The van der Waals surface area contributed by atoms with Gasteiger partial charge in [0.25, 0.3) is 0 Å². The minimum atomic E-state index is -3.28. The van der Waals surface area contributed by atoms with Gasteiger partial charge in [-0.2, -0.15) is 0 Å². The van der Waals surface area contributed by atoms with Gasteiger partial charge in [0.15, 0.2) is 9.84 Å². The summed E-state index contributed by atoms with van der Waals surface area (Å²) in [5.74, 6) is 0.131. The number of aromatic nitrogens is 1. The third-order valence-electron chi connectivity index (χ3n) is 5.01. The molecule has 2 heterocycles. The molecule has 1 fully saturated rings. The van der Waals surface area contributed by atoms with Crippen molar-refractivity contribution < 1.29 is 8.42 Å². The summed E-state index contributed by atoms with van der Waals surface area (Å²) < 4.78 is 26.2. The van der Waals surface area contributed by atoms with Gasteiger partial charge in [-0.1, -0.05) is 23.7 Å². The number of nitrogens with zero attached hydrogens (tertiary/aromatic N) is 3. The molecule has 3 aromatic rings. The molecule has 0 unspecified atom stereocenters. The van der Waals surface area contributed by atoms with E-state index in [0.717, 1.165) is 43.2 Å². The van der Waals surface area contributed by atoms with Crippen molar-refractivity contribution in [1.82, 2.24) is 14.8 Å². The van der Waals surface area contributed by atoms with Crippen molar-refractivity contribution in [3.63, 3.8) is 0 Å². The summed E-state index contributed by atoms with van der Waals surface area (Å²) in [5, 5.41) is 1.68. The van der Waals surface area contributed by atoms with Gasteiger partial charge in [0.1, 0.15) is 5.01 Å². The minimum absolute atomic E-state index is 0.131. The molecule has 0 N–H and O–H groups in total. The molecule has 4 rings (SSSR count). The highest BCUT2D eigenvalue weighted by Crippen LogP contribution is 2.23. The Kier molecular flexibility index (Phi) is 5.99. The van der Waals surface area contributed by atoms with Crippen molar-refractivity contribution in [2.75, 3.05) is 38.5 Å². The van der Waals surface area contributed by atoms with Gasteiger partial charge in [0.2, 0.25) is 0 Å². The van der Waals surface area contributed by atoms with Crippen LogP contribution < -0.4 is 0 Å². The molecule has 0 aliphatic carbocycles. The molecule has 0 atom stereocenters. The summed E-state index contributed by atoms with van der Waals surface area (Å²) in [7, 11) is -3.28. The summed E-state index contributed by atoms with van der Waals surface area (Å²) >= 11 is 7.59. The van der Waals surface area contributed by atoms with Crippen molar-refractivity contribution in [3.8, 4) is 0 Å². The van der Waals surface area contributed by atoms with Crippen LogP contribution in [-0.4, -0.2) is 61.7 Å². The minimum Gasteiger partial charge on any atom is -0.300 e. The third kappa shape index (κ3) is 4.72. The maximum absolute atomic E-state index is 12.5. The van der Waals surface area contributed by atoms with Gasteiger partial charge in [0, 0.05) is 37.7 Å². The Morgan fingerprint density at radius 2 is 1.64 bits per heavy atom. The van der Waals surface area contributed by atoms with Gasteiger partial charge < -0.3 is 0 Å². The van der Waals surface area contributed by atoms with Gasteiger partial charge in [-0.25, -0.2) is 13.4 Å². The molecule has 1 saturated heterocycles. The zero-order chi connectivity index (χ0) is 19.6. The fourth-order valence-electron chi connectivity index (χ4n) is 3.36. The molecule has 2 aromatic carbocycles. The number of fused-ring (bicyclic) bond motifs is 1. The van der Waals surface area contributed by atoms with Crippen LogP contribution in [-0.2, 0) is 16.4 Å². The second-order valence-corrected chi connectivity index (χ2v) is 10.6. The molecule has 8 heteroatoms. The Morgan fingerprint density at radius 3 is 2.36 bits per heavy atom. The van der Waals surface area contributed by atoms with Gasteiger partial charge in [-0.3, -0.25) is 9.80 Å². The quantitative estimate of drug-likeness (QED) is 0.592. The number of benzene rings is 2. The van der Waals surface area contributed by atoms with Crippen LogP contribution in [0.3, 0.4) is 0 Å². The number of thiazole rings is 1. The molecule has 0 saturated carbocycles. The number of rotatable bonds is 6. The van der Waals surface area contributed by atoms with Crippen molar-refractivity contribution in [3.05, 3.63) is 58.6 Å². The average Bonchev–Trinajstić information content (AvgIpc) is 3.10. The first-order valence-corrected chi connectivity index (χ1v) is 12.1. The van der Waals surface area contributed by atoms with E-state index in [1.54, 1.807) is 35.6 Å². The summed E-state index contributed by atoms with van der Waals surface area (Å²) in [5.41, 5.74) is 1.06. The summed E-state index contributed by atoms with van der Waals surface area (Å²) in [6, 6.07) is 14.6. The molecule has 0 amide bonds. The average molecular weight is 436 g/mol. The Labute approximate surface area is 174 Å². The lowest BCUT2D eigenvalue weighted by molar-refractivity contribution is 0.132. The van der Waals surface area contributed by atoms with E-state index in [4.69, 9.17) is 16.6 Å². The van der Waals surface area contributed by atoms with Crippen LogP contribution in [0.2, 0.25) is 5.02 Å². The van der Waals surface area contributed by atoms with Gasteiger partial charge >= 0.3 is 0 Å². The number of hydrogen-bond acceptors (Lipinski definition) is 6. The number of halogens is 1. The van der Waals surface area contributed by atoms with Crippen LogP contribution in [0, 0.1) is 0 Å². The molecule has 1 aromatic heterocycles. The maximum Gasteiger partial charge on any atom is 0.179 e. The smallest absolute Gasteiger partial charge is 0.179 e. The topological polar surface area (TPSA) is 53.5 Å². The lowest BCUT2D eigenvalue weighted by Crippen LogP contribution is -2.47. The Balaban J connectivity index is 1.27. The van der Waals surface area contributed by atoms with Crippen molar-refractivity contribution in [1.29, 1.82) is 0 Å². The zero-order valence-corrected chi connectivity index (χ0v) is 17.8. The molecular weight excluding hydrogens is 414 g/mol. The van der Waals surface area contributed by atoms with Crippen LogP contribution in [0.15, 0.2) is 53.4 Å². The summed E-state index contributed by atoms with van der Waals surface area (Å²) in [6.45, 7) is 5.02. The van der Waals surface area contributed by atoms with Crippen molar-refractivity contribution in [2.45, 2.75) is 11.4 Å².